The lowest BCUT2D eigenvalue weighted by atomic mass is 9.78. The van der Waals surface area contributed by atoms with Crippen molar-refractivity contribution in [3.05, 3.63) is 0 Å². The summed E-state index contributed by atoms with van der Waals surface area (Å²) < 4.78 is 0. The highest BCUT2D eigenvalue weighted by Gasteiger charge is 2.49. The van der Waals surface area contributed by atoms with Gasteiger partial charge in [-0.2, -0.15) is 20.2 Å². The second kappa shape index (κ2) is 17.3. The zero-order valence-electron chi connectivity index (χ0n) is 35.6. The summed E-state index contributed by atoms with van der Waals surface area (Å²) in [5.41, 5.74) is 6.41. The van der Waals surface area contributed by atoms with Crippen molar-refractivity contribution < 1.29 is 14.5 Å². The molecule has 3 saturated heterocycles. The van der Waals surface area contributed by atoms with Gasteiger partial charge in [-0.3, -0.25) is 5.41 Å². The van der Waals surface area contributed by atoms with E-state index in [-0.39, 0.29) is 45.7 Å². The Morgan fingerprint density at radius 2 is 1.14 bits per heavy atom. The number of nitrogens with two attached hydrogens (primary N) is 1. The molecule has 0 aromatic carbocycles. The number of piperidine rings is 3. The summed E-state index contributed by atoms with van der Waals surface area (Å²) in [4.78, 5) is 29.2. The van der Waals surface area contributed by atoms with Gasteiger partial charge in [-0.1, -0.05) is 19.8 Å². The zero-order valence-corrected chi connectivity index (χ0v) is 35.6. The van der Waals surface area contributed by atoms with E-state index in [1.807, 2.05) is 24.1 Å². The third-order valence-corrected chi connectivity index (χ3v) is 12.2. The summed E-state index contributed by atoms with van der Waals surface area (Å²) in [6, 6.07) is 0.932. The van der Waals surface area contributed by atoms with E-state index in [1.165, 1.54) is 12.8 Å². The summed E-state index contributed by atoms with van der Waals surface area (Å²) in [7, 11) is 7.31. The van der Waals surface area contributed by atoms with Crippen LogP contribution in [0.4, 0.5) is 0 Å². The Bertz CT molecular complexity index is 1120. The molecule has 3 N–H and O–H groups in total. The predicted octanol–water partition coefficient (Wildman–Crippen LogP) is 6.32. The molecule has 1 atom stereocenters. The number of rotatable bonds is 14. The van der Waals surface area contributed by atoms with Crippen molar-refractivity contribution in [2.45, 2.75) is 186 Å². The van der Waals surface area contributed by atoms with Gasteiger partial charge in [-0.25, -0.2) is 0 Å². The molecule has 298 valence electrons. The van der Waals surface area contributed by atoms with Gasteiger partial charge in [0.05, 0.1) is 21.3 Å². The molecule has 0 radical (unpaired) electrons. The van der Waals surface area contributed by atoms with E-state index in [4.69, 9.17) is 30.6 Å². The molecule has 0 saturated carbocycles. The molecule has 0 aromatic rings. The number of nitrogens with zero attached hydrogens (tertiary/aromatic N) is 7. The molecule has 12 heteroatoms. The van der Waals surface area contributed by atoms with Crippen LogP contribution in [0.2, 0.25) is 0 Å². The minimum absolute atomic E-state index is 0.00851. The van der Waals surface area contributed by atoms with Crippen LogP contribution in [-0.2, 0) is 14.5 Å². The molecule has 3 rings (SSSR count). The summed E-state index contributed by atoms with van der Waals surface area (Å²) >= 11 is 0. The zero-order chi connectivity index (χ0) is 38.6. The van der Waals surface area contributed by atoms with Crippen molar-refractivity contribution in [1.82, 2.24) is 29.9 Å². The van der Waals surface area contributed by atoms with E-state index < -0.39 is 0 Å². The fourth-order valence-electron chi connectivity index (χ4n) is 10.4. The van der Waals surface area contributed by atoms with E-state index >= 15 is 0 Å². The fourth-order valence-corrected chi connectivity index (χ4v) is 10.4. The molecule has 0 amide bonds. The lowest BCUT2D eigenvalue weighted by molar-refractivity contribution is -0.272. The first-order valence-electron chi connectivity index (χ1n) is 19.7. The lowest BCUT2D eigenvalue weighted by Crippen LogP contribution is -2.64. The van der Waals surface area contributed by atoms with Crippen molar-refractivity contribution in [1.29, 1.82) is 5.41 Å². The van der Waals surface area contributed by atoms with Crippen molar-refractivity contribution in [3.8, 4) is 0 Å². The summed E-state index contributed by atoms with van der Waals surface area (Å²) in [5, 5.41) is 15.4. The van der Waals surface area contributed by atoms with Gasteiger partial charge in [0.1, 0.15) is 0 Å². The molecule has 3 heterocycles. The third-order valence-electron chi connectivity index (χ3n) is 12.2. The second-order valence-corrected chi connectivity index (χ2v) is 18.7. The highest BCUT2D eigenvalue weighted by atomic mass is 16.7. The predicted molar refractivity (Wildman–Crippen MR) is 210 cm³/mol. The van der Waals surface area contributed by atoms with Gasteiger partial charge < -0.3 is 34.9 Å². The van der Waals surface area contributed by atoms with Gasteiger partial charge in [0.15, 0.2) is 5.96 Å². The standard InChI is InChI=1S/C39H79N9O3/c1-16-44(31-26-36(4,5)47(50-14)37(6,7)27-31)22-19-17-18-20-23-45(32-28-38(8,9)48(51-15)39(10,11)29-32)34(41)42-33(40)43(12)30-21-24-46(49-13)35(2,3)25-30/h30-32H,16-29H2,1-15H3,(H3,40,41,42). The number of nitrogens with one attached hydrogen (secondary N) is 1. The largest absolute Gasteiger partial charge is 0.369 e. The Kier molecular flexibility index (Phi) is 14.9. The second-order valence-electron chi connectivity index (χ2n) is 18.7. The van der Waals surface area contributed by atoms with E-state index in [9.17, 15) is 0 Å². The number of hydrogen-bond donors (Lipinski definition) is 2. The van der Waals surface area contributed by atoms with Crippen LogP contribution < -0.4 is 5.73 Å². The molecular weight excluding hydrogens is 642 g/mol. The summed E-state index contributed by atoms with van der Waals surface area (Å²) in [5.74, 6) is 0.673. The first-order valence-corrected chi connectivity index (χ1v) is 19.7. The maximum Gasteiger partial charge on any atom is 0.221 e. The van der Waals surface area contributed by atoms with Crippen LogP contribution >= 0.6 is 0 Å². The highest BCUT2D eigenvalue weighted by Crippen LogP contribution is 2.42. The summed E-state index contributed by atoms with van der Waals surface area (Å²) in [6.45, 7) is 28.8. The Hall–Kier alpha value is -1.54. The van der Waals surface area contributed by atoms with E-state index in [0.717, 1.165) is 77.5 Å². The molecule has 3 aliphatic heterocycles. The first-order chi connectivity index (χ1) is 23.6. The SMILES string of the molecule is CCN(CCCCCCN(C(N)=NC(=N)N(C)C1CCN(OC)C(C)(C)C1)C1CC(C)(C)N(OC)C(C)(C)C1)C1CC(C)(C)N(OC)C(C)(C)C1. The van der Waals surface area contributed by atoms with Gasteiger partial charge in [0.2, 0.25) is 5.96 Å². The number of guanidine groups is 2. The Morgan fingerprint density at radius 1 is 0.686 bits per heavy atom. The molecule has 1 unspecified atom stereocenters. The van der Waals surface area contributed by atoms with Crippen molar-refractivity contribution in [2.24, 2.45) is 10.7 Å². The highest BCUT2D eigenvalue weighted by molar-refractivity contribution is 5.92. The molecule has 0 aliphatic carbocycles. The van der Waals surface area contributed by atoms with Crippen LogP contribution in [0.3, 0.4) is 0 Å². The van der Waals surface area contributed by atoms with Gasteiger partial charge in [-0.05, 0) is 134 Å². The van der Waals surface area contributed by atoms with Crippen molar-refractivity contribution in [3.63, 3.8) is 0 Å². The maximum atomic E-state index is 9.04. The van der Waals surface area contributed by atoms with Crippen LogP contribution in [0.1, 0.15) is 140 Å². The van der Waals surface area contributed by atoms with Gasteiger partial charge in [0, 0.05) is 66.0 Å². The minimum atomic E-state index is -0.183. The van der Waals surface area contributed by atoms with Crippen molar-refractivity contribution in [2.75, 3.05) is 54.6 Å². The third kappa shape index (κ3) is 10.6. The molecule has 0 aromatic heterocycles. The van der Waals surface area contributed by atoms with Crippen LogP contribution in [0.5, 0.6) is 0 Å². The fraction of sp³-hybridized carbons (Fsp3) is 0.949. The van der Waals surface area contributed by atoms with E-state index in [1.54, 1.807) is 14.2 Å². The average Bonchev–Trinajstić information content (AvgIpc) is 2.99. The molecule has 3 aliphatic rings. The smallest absolute Gasteiger partial charge is 0.221 e. The number of aliphatic imine (C=N–C) groups is 1. The van der Waals surface area contributed by atoms with Crippen LogP contribution in [0, 0.1) is 5.41 Å². The summed E-state index contributed by atoms with van der Waals surface area (Å²) in [6.07, 6.45) is 10.3. The number of hydrogen-bond acceptors (Lipinski definition) is 8. The topological polar surface area (TPSA) is 109 Å². The van der Waals surface area contributed by atoms with E-state index in [2.05, 4.69) is 96.1 Å². The molecule has 0 bridgehead atoms. The molecule has 12 nitrogen and oxygen atoms in total. The molecule has 51 heavy (non-hydrogen) atoms. The molecular formula is C39H79N9O3. The molecule has 0 spiro atoms. The Balaban J connectivity index is 1.68. The average molecular weight is 722 g/mol. The molecule has 3 fully saturated rings. The Labute approximate surface area is 312 Å². The first kappa shape index (κ1) is 43.9. The quantitative estimate of drug-likeness (QED) is 0.120. The Morgan fingerprint density at radius 3 is 1.57 bits per heavy atom. The van der Waals surface area contributed by atoms with Gasteiger partial charge in [-0.15, -0.1) is 0 Å². The number of hydroxylamine groups is 6. The lowest BCUT2D eigenvalue weighted by Gasteiger charge is -2.55. The van der Waals surface area contributed by atoms with Crippen LogP contribution in [0.25, 0.3) is 0 Å². The van der Waals surface area contributed by atoms with Crippen LogP contribution in [-0.4, -0.2) is 142 Å². The monoisotopic (exact) mass is 722 g/mol. The van der Waals surface area contributed by atoms with Gasteiger partial charge >= 0.3 is 0 Å². The maximum absolute atomic E-state index is 9.04. The van der Waals surface area contributed by atoms with Gasteiger partial charge in [0.25, 0.3) is 0 Å². The van der Waals surface area contributed by atoms with Crippen LogP contribution in [0.15, 0.2) is 4.99 Å². The van der Waals surface area contributed by atoms with E-state index in [0.29, 0.717) is 12.0 Å². The normalized spacial score (nSPS) is 26.0. The minimum Gasteiger partial charge on any atom is -0.369 e. The van der Waals surface area contributed by atoms with Crippen molar-refractivity contribution >= 4 is 11.9 Å². The number of unbranched alkanes of at least 4 members (excludes halogenated alkanes) is 3.